The van der Waals surface area contributed by atoms with Crippen LogP contribution in [-0.4, -0.2) is 36.1 Å². The normalized spacial score (nSPS) is 38.8. The Bertz CT molecular complexity index is 245. The molecule has 0 amide bonds. The molecular weight excluding hydrogens is 220 g/mol. The minimum atomic E-state index is 0.360. The highest BCUT2D eigenvalue weighted by molar-refractivity contribution is 4.93. The van der Waals surface area contributed by atoms with E-state index in [1.807, 2.05) is 0 Å². The van der Waals surface area contributed by atoms with Gasteiger partial charge in [-0.3, -0.25) is 4.90 Å². The molecule has 1 atom stereocenters. The molecule has 1 saturated carbocycles. The fraction of sp³-hybridized carbons (Fsp3) is 1.00. The van der Waals surface area contributed by atoms with Crippen molar-refractivity contribution in [2.45, 2.75) is 77.3 Å². The van der Waals surface area contributed by atoms with Gasteiger partial charge in [-0.25, -0.2) is 0 Å². The smallest absolute Gasteiger partial charge is 0.0278 e. The lowest BCUT2D eigenvalue weighted by Crippen LogP contribution is -2.60. The molecule has 2 nitrogen and oxygen atoms in total. The van der Waals surface area contributed by atoms with Crippen molar-refractivity contribution in [2.75, 3.05) is 19.6 Å². The summed E-state index contributed by atoms with van der Waals surface area (Å²) in [5, 5.41) is 3.70. The molecule has 0 bridgehead atoms. The minimum absolute atomic E-state index is 0.360. The second-order valence-corrected chi connectivity index (χ2v) is 6.77. The lowest BCUT2D eigenvalue weighted by molar-refractivity contribution is 0.0688. The van der Waals surface area contributed by atoms with E-state index < -0.39 is 0 Å². The number of nitrogens with zero attached hydrogens (tertiary/aromatic N) is 1. The predicted molar refractivity (Wildman–Crippen MR) is 78.9 cm³/mol. The van der Waals surface area contributed by atoms with Crippen molar-refractivity contribution >= 4 is 0 Å². The maximum Gasteiger partial charge on any atom is 0.0278 e. The summed E-state index contributed by atoms with van der Waals surface area (Å²) >= 11 is 0. The molecule has 0 aromatic carbocycles. The van der Waals surface area contributed by atoms with Crippen molar-refractivity contribution in [3.63, 3.8) is 0 Å². The summed E-state index contributed by atoms with van der Waals surface area (Å²) in [5.74, 6) is 1.03. The first-order valence-corrected chi connectivity index (χ1v) is 8.16. The maximum atomic E-state index is 3.70. The molecule has 0 spiro atoms. The molecule has 106 valence electrons. The molecule has 2 rings (SSSR count). The van der Waals surface area contributed by atoms with Gasteiger partial charge < -0.3 is 5.32 Å². The monoisotopic (exact) mass is 252 g/mol. The van der Waals surface area contributed by atoms with E-state index in [0.29, 0.717) is 5.54 Å². The van der Waals surface area contributed by atoms with Crippen LogP contribution in [0.3, 0.4) is 0 Å². The van der Waals surface area contributed by atoms with E-state index >= 15 is 0 Å². The third kappa shape index (κ3) is 3.48. The Balaban J connectivity index is 1.82. The van der Waals surface area contributed by atoms with Crippen molar-refractivity contribution in [1.29, 1.82) is 0 Å². The Labute approximate surface area is 114 Å². The molecular formula is C16H32N2. The molecule has 1 aliphatic carbocycles. The van der Waals surface area contributed by atoms with Gasteiger partial charge in [0, 0.05) is 31.2 Å². The van der Waals surface area contributed by atoms with E-state index in [0.717, 1.165) is 12.0 Å². The predicted octanol–water partition coefficient (Wildman–Crippen LogP) is 3.42. The van der Waals surface area contributed by atoms with Gasteiger partial charge in [0.25, 0.3) is 0 Å². The Kier molecular flexibility index (Phi) is 5.08. The third-order valence-corrected chi connectivity index (χ3v) is 5.31. The molecule has 1 unspecified atom stereocenters. The first kappa shape index (κ1) is 14.3. The van der Waals surface area contributed by atoms with Crippen molar-refractivity contribution in [3.05, 3.63) is 0 Å². The van der Waals surface area contributed by atoms with Crippen LogP contribution >= 0.6 is 0 Å². The fourth-order valence-electron chi connectivity index (χ4n) is 3.84. The fourth-order valence-corrected chi connectivity index (χ4v) is 3.84. The Morgan fingerprint density at radius 2 is 1.89 bits per heavy atom. The van der Waals surface area contributed by atoms with Crippen molar-refractivity contribution in [3.8, 4) is 0 Å². The van der Waals surface area contributed by atoms with Crippen LogP contribution in [0, 0.1) is 5.92 Å². The number of hydrogen-bond acceptors (Lipinski definition) is 2. The van der Waals surface area contributed by atoms with Crippen LogP contribution in [0.1, 0.15) is 65.7 Å². The second-order valence-electron chi connectivity index (χ2n) is 6.77. The molecule has 2 fully saturated rings. The highest BCUT2D eigenvalue weighted by atomic mass is 15.2. The van der Waals surface area contributed by atoms with Gasteiger partial charge in [-0.2, -0.15) is 0 Å². The van der Waals surface area contributed by atoms with E-state index in [-0.39, 0.29) is 0 Å². The molecule has 1 N–H and O–H groups in total. The molecule has 0 aromatic heterocycles. The zero-order valence-electron chi connectivity index (χ0n) is 12.7. The second kappa shape index (κ2) is 6.38. The lowest BCUT2D eigenvalue weighted by atomic mass is 9.82. The van der Waals surface area contributed by atoms with Gasteiger partial charge >= 0.3 is 0 Å². The van der Waals surface area contributed by atoms with Crippen molar-refractivity contribution in [2.24, 2.45) is 5.92 Å². The summed E-state index contributed by atoms with van der Waals surface area (Å²) in [5.41, 5.74) is 0.360. The van der Waals surface area contributed by atoms with E-state index in [9.17, 15) is 0 Å². The van der Waals surface area contributed by atoms with Crippen LogP contribution in [0.2, 0.25) is 0 Å². The molecule has 1 heterocycles. The summed E-state index contributed by atoms with van der Waals surface area (Å²) in [4.78, 5) is 2.78. The van der Waals surface area contributed by atoms with Crippen LogP contribution in [0.4, 0.5) is 0 Å². The highest BCUT2D eigenvalue weighted by Gasteiger charge is 2.33. The molecule has 0 radical (unpaired) electrons. The number of nitrogens with one attached hydrogen (secondary N) is 1. The average molecular weight is 252 g/mol. The molecule has 2 aliphatic rings. The molecule has 1 saturated heterocycles. The Morgan fingerprint density at radius 3 is 2.50 bits per heavy atom. The van der Waals surface area contributed by atoms with Gasteiger partial charge in [0.15, 0.2) is 0 Å². The number of piperazine rings is 1. The number of rotatable bonds is 4. The summed E-state index contributed by atoms with van der Waals surface area (Å²) in [6.45, 7) is 10.7. The summed E-state index contributed by atoms with van der Waals surface area (Å²) < 4.78 is 0. The molecule has 18 heavy (non-hydrogen) atoms. The van der Waals surface area contributed by atoms with Crippen LogP contribution in [-0.2, 0) is 0 Å². The molecule has 2 heteroatoms. The SMILES string of the molecule is CCCC1CCC(N2CCNC(C)(CC)C2)CC1. The highest BCUT2D eigenvalue weighted by Crippen LogP contribution is 2.31. The van der Waals surface area contributed by atoms with Gasteiger partial charge in [-0.05, 0) is 44.9 Å². The topological polar surface area (TPSA) is 15.3 Å². The zero-order valence-corrected chi connectivity index (χ0v) is 12.7. The van der Waals surface area contributed by atoms with Crippen LogP contribution in [0.15, 0.2) is 0 Å². The third-order valence-electron chi connectivity index (χ3n) is 5.31. The van der Waals surface area contributed by atoms with Crippen LogP contribution < -0.4 is 5.32 Å². The number of hydrogen-bond donors (Lipinski definition) is 1. The minimum Gasteiger partial charge on any atom is -0.309 e. The van der Waals surface area contributed by atoms with Crippen molar-refractivity contribution < 1.29 is 0 Å². The summed E-state index contributed by atoms with van der Waals surface area (Å²) in [6, 6.07) is 0.881. The lowest BCUT2D eigenvalue weighted by Gasteiger charge is -2.46. The Morgan fingerprint density at radius 1 is 1.17 bits per heavy atom. The van der Waals surface area contributed by atoms with Gasteiger partial charge in [-0.1, -0.05) is 26.7 Å². The summed E-state index contributed by atoms with van der Waals surface area (Å²) in [6.07, 6.45) is 9.93. The first-order valence-electron chi connectivity index (χ1n) is 8.16. The first-order chi connectivity index (χ1) is 8.67. The molecule has 0 aromatic rings. The quantitative estimate of drug-likeness (QED) is 0.825. The van der Waals surface area contributed by atoms with Gasteiger partial charge in [0.1, 0.15) is 0 Å². The van der Waals surface area contributed by atoms with Crippen LogP contribution in [0.25, 0.3) is 0 Å². The van der Waals surface area contributed by atoms with E-state index in [4.69, 9.17) is 0 Å². The standard InChI is InChI=1S/C16H32N2/c1-4-6-14-7-9-15(10-8-14)18-12-11-17-16(3,5-2)13-18/h14-15,17H,4-13H2,1-3H3. The van der Waals surface area contributed by atoms with Gasteiger partial charge in [-0.15, -0.1) is 0 Å². The van der Waals surface area contributed by atoms with E-state index in [1.54, 1.807) is 0 Å². The van der Waals surface area contributed by atoms with E-state index in [1.165, 1.54) is 64.6 Å². The zero-order chi connectivity index (χ0) is 13.0. The molecule has 1 aliphatic heterocycles. The Hall–Kier alpha value is -0.0800. The van der Waals surface area contributed by atoms with E-state index in [2.05, 4.69) is 31.0 Å². The average Bonchev–Trinajstić information content (AvgIpc) is 2.40. The maximum absolute atomic E-state index is 3.70. The summed E-state index contributed by atoms with van der Waals surface area (Å²) in [7, 11) is 0. The van der Waals surface area contributed by atoms with Gasteiger partial charge in [0.05, 0.1) is 0 Å². The van der Waals surface area contributed by atoms with Gasteiger partial charge in [0.2, 0.25) is 0 Å². The largest absolute Gasteiger partial charge is 0.309 e. The van der Waals surface area contributed by atoms with Crippen molar-refractivity contribution in [1.82, 2.24) is 10.2 Å². The van der Waals surface area contributed by atoms with Crippen LogP contribution in [0.5, 0.6) is 0 Å².